The summed E-state index contributed by atoms with van der Waals surface area (Å²) in [6.07, 6.45) is 2.09. The van der Waals surface area contributed by atoms with Gasteiger partial charge >= 0.3 is 0 Å². The highest BCUT2D eigenvalue weighted by molar-refractivity contribution is 14.1. The van der Waals surface area contributed by atoms with Gasteiger partial charge in [0.15, 0.2) is 0 Å². The molecule has 0 nitrogen and oxygen atoms in total. The molecular formula is C2H5IS3. The van der Waals surface area contributed by atoms with Gasteiger partial charge in [0.25, 0.3) is 0 Å². The first-order valence-electron chi connectivity index (χ1n) is 1.30. The fourth-order valence-corrected chi connectivity index (χ4v) is 4.59. The lowest BCUT2D eigenvalue weighted by Gasteiger charge is -1.84. The van der Waals surface area contributed by atoms with Gasteiger partial charge in [-0.25, -0.2) is 0 Å². The van der Waals surface area contributed by atoms with E-state index < -0.39 is 0 Å². The molecule has 0 aliphatic heterocycles. The molecule has 0 aromatic carbocycles. The summed E-state index contributed by atoms with van der Waals surface area (Å²) in [7, 11) is 5.51. The van der Waals surface area contributed by atoms with E-state index >= 15 is 0 Å². The largest absolute Gasteiger partial charge is 0.0860 e. The van der Waals surface area contributed by atoms with Crippen LogP contribution in [0, 0.1) is 0 Å². The topological polar surface area (TPSA) is 0 Å². The number of hydrogen-bond acceptors (Lipinski definition) is 3. The Morgan fingerprint density at radius 2 is 2.33 bits per heavy atom. The Morgan fingerprint density at radius 1 is 1.67 bits per heavy atom. The first kappa shape index (κ1) is 7.78. The highest BCUT2D eigenvalue weighted by Gasteiger charge is 1.77. The molecule has 0 aliphatic carbocycles. The lowest BCUT2D eigenvalue weighted by molar-refractivity contribution is 2.46. The van der Waals surface area contributed by atoms with E-state index in [1.165, 1.54) is 3.76 Å². The minimum atomic E-state index is 1.18. The van der Waals surface area contributed by atoms with Crippen LogP contribution in [0.3, 0.4) is 0 Å². The molecular weight excluding hydrogens is 247 g/mol. The number of hydrogen-bond donors (Lipinski definition) is 0. The second-order valence-electron chi connectivity index (χ2n) is 0.462. The summed E-state index contributed by atoms with van der Waals surface area (Å²) in [6, 6.07) is 0. The number of halogens is 1. The van der Waals surface area contributed by atoms with E-state index in [0.29, 0.717) is 0 Å². The molecule has 0 N–H and O–H groups in total. The van der Waals surface area contributed by atoms with Crippen LogP contribution in [0.2, 0.25) is 0 Å². The molecule has 0 aromatic rings. The Labute approximate surface area is 63.5 Å². The van der Waals surface area contributed by atoms with Crippen LogP contribution in [-0.2, 0) is 0 Å². The van der Waals surface area contributed by atoms with Crippen molar-refractivity contribution in [2.45, 2.75) is 0 Å². The molecule has 4 heteroatoms. The van der Waals surface area contributed by atoms with Crippen LogP contribution < -0.4 is 0 Å². The van der Waals surface area contributed by atoms with Gasteiger partial charge < -0.3 is 0 Å². The van der Waals surface area contributed by atoms with Gasteiger partial charge in [0, 0.05) is 0 Å². The Bertz CT molecular complexity index is 20.8. The first-order chi connectivity index (χ1) is 2.91. The molecule has 0 aliphatic rings. The normalized spacial score (nSPS) is 9.00. The second kappa shape index (κ2) is 6.78. The van der Waals surface area contributed by atoms with Crippen LogP contribution in [0.4, 0.5) is 0 Å². The van der Waals surface area contributed by atoms with Gasteiger partial charge in [-0.15, -0.1) is 0 Å². The third-order valence-corrected chi connectivity index (χ3v) is 5.83. The SMILES string of the molecule is CSSSCI. The minimum absolute atomic E-state index is 1.18. The first-order valence-corrected chi connectivity index (χ1v) is 6.88. The predicted molar refractivity (Wildman–Crippen MR) is 47.6 cm³/mol. The van der Waals surface area contributed by atoms with Gasteiger partial charge in [-0.2, -0.15) is 0 Å². The zero-order chi connectivity index (χ0) is 4.83. The highest BCUT2D eigenvalue weighted by Crippen LogP contribution is 2.32. The molecule has 0 saturated carbocycles. The van der Waals surface area contributed by atoms with E-state index in [1.807, 2.05) is 20.6 Å². The second-order valence-corrected chi connectivity index (χ2v) is 6.59. The van der Waals surface area contributed by atoms with Crippen molar-refractivity contribution in [2.24, 2.45) is 0 Å². The van der Waals surface area contributed by atoms with E-state index in [0.717, 1.165) is 0 Å². The van der Waals surface area contributed by atoms with Gasteiger partial charge in [-0.1, -0.05) is 44.2 Å². The van der Waals surface area contributed by atoms with E-state index in [2.05, 4.69) is 28.8 Å². The third kappa shape index (κ3) is 5.78. The average molecular weight is 252 g/mol. The molecule has 38 valence electrons. The van der Waals surface area contributed by atoms with Crippen molar-refractivity contribution in [1.82, 2.24) is 0 Å². The van der Waals surface area contributed by atoms with Crippen molar-refractivity contribution in [3.05, 3.63) is 0 Å². The van der Waals surface area contributed by atoms with Crippen LogP contribution in [0.1, 0.15) is 0 Å². The summed E-state index contributed by atoms with van der Waals surface area (Å²) < 4.78 is 1.18. The van der Waals surface area contributed by atoms with Gasteiger partial charge in [0.05, 0.1) is 3.76 Å². The molecule has 0 saturated heterocycles. The summed E-state index contributed by atoms with van der Waals surface area (Å²) in [5, 5.41) is 0. The fraction of sp³-hybridized carbons (Fsp3) is 1.00. The van der Waals surface area contributed by atoms with Crippen molar-refractivity contribution in [2.75, 3.05) is 10.0 Å². The smallest absolute Gasteiger partial charge is 0.0566 e. The molecule has 0 fully saturated rings. The minimum Gasteiger partial charge on any atom is -0.0860 e. The zero-order valence-corrected chi connectivity index (χ0v) is 7.92. The molecule has 0 bridgehead atoms. The quantitative estimate of drug-likeness (QED) is 0.328. The van der Waals surface area contributed by atoms with Crippen LogP contribution in [0.25, 0.3) is 0 Å². The summed E-state index contributed by atoms with van der Waals surface area (Å²) in [5.74, 6) is 0. The van der Waals surface area contributed by atoms with Crippen molar-refractivity contribution >= 4 is 54.0 Å². The Morgan fingerprint density at radius 3 is 2.50 bits per heavy atom. The predicted octanol–water partition coefficient (Wildman–Crippen LogP) is 3.04. The van der Waals surface area contributed by atoms with Crippen molar-refractivity contribution in [3.8, 4) is 0 Å². The van der Waals surface area contributed by atoms with Gasteiger partial charge in [0.1, 0.15) is 0 Å². The van der Waals surface area contributed by atoms with Crippen molar-refractivity contribution < 1.29 is 0 Å². The Kier molecular flexibility index (Phi) is 8.79. The number of rotatable bonds is 3. The Balaban J connectivity index is 2.34. The highest BCUT2D eigenvalue weighted by atomic mass is 127. The molecule has 6 heavy (non-hydrogen) atoms. The van der Waals surface area contributed by atoms with Gasteiger partial charge in [0.2, 0.25) is 0 Å². The van der Waals surface area contributed by atoms with Crippen LogP contribution >= 0.6 is 54.0 Å². The average Bonchev–Trinajstić information content (AvgIpc) is 1.61. The maximum atomic E-state index is 2.34. The van der Waals surface area contributed by atoms with E-state index in [4.69, 9.17) is 0 Å². The summed E-state index contributed by atoms with van der Waals surface area (Å²) in [5.41, 5.74) is 0. The Hall–Kier alpha value is 1.78. The lowest BCUT2D eigenvalue weighted by Crippen LogP contribution is -1.42. The van der Waals surface area contributed by atoms with E-state index in [-0.39, 0.29) is 0 Å². The third-order valence-electron chi connectivity index (χ3n) is 0.161. The maximum Gasteiger partial charge on any atom is 0.0566 e. The van der Waals surface area contributed by atoms with E-state index in [1.54, 1.807) is 10.8 Å². The van der Waals surface area contributed by atoms with Crippen LogP contribution in [0.5, 0.6) is 0 Å². The van der Waals surface area contributed by atoms with Crippen molar-refractivity contribution in [3.63, 3.8) is 0 Å². The molecule has 0 aromatic heterocycles. The van der Waals surface area contributed by atoms with Gasteiger partial charge in [-0.05, 0) is 16.1 Å². The molecule has 0 heterocycles. The maximum absolute atomic E-state index is 2.34. The monoisotopic (exact) mass is 252 g/mol. The molecule has 0 radical (unpaired) electrons. The molecule has 0 unspecified atom stereocenters. The van der Waals surface area contributed by atoms with Gasteiger partial charge in [-0.3, -0.25) is 0 Å². The van der Waals surface area contributed by atoms with E-state index in [9.17, 15) is 0 Å². The number of alkyl halides is 1. The lowest BCUT2D eigenvalue weighted by atomic mass is 12.0. The standard InChI is InChI=1S/C2H5IS3/c1-4-6-5-2-3/h2H2,1H3. The van der Waals surface area contributed by atoms with Crippen LogP contribution in [0.15, 0.2) is 0 Å². The van der Waals surface area contributed by atoms with Crippen LogP contribution in [-0.4, -0.2) is 10.0 Å². The fourth-order valence-electron chi connectivity index (χ4n) is 0.0663. The summed E-state index contributed by atoms with van der Waals surface area (Å²) in [4.78, 5) is 0. The molecule has 0 amide bonds. The molecule has 0 spiro atoms. The summed E-state index contributed by atoms with van der Waals surface area (Å²) in [6.45, 7) is 0. The summed E-state index contributed by atoms with van der Waals surface area (Å²) >= 11 is 2.34. The molecule has 0 rings (SSSR count). The van der Waals surface area contributed by atoms with Crippen molar-refractivity contribution in [1.29, 1.82) is 0 Å². The zero-order valence-electron chi connectivity index (χ0n) is 3.31. The molecule has 0 atom stereocenters.